The van der Waals surface area contributed by atoms with E-state index in [-0.39, 0.29) is 0 Å². The number of hydrogen-bond donors (Lipinski definition) is 1. The second-order valence-electron chi connectivity index (χ2n) is 3.23. The second-order valence-corrected chi connectivity index (χ2v) is 3.23. The molecule has 13 heavy (non-hydrogen) atoms. The van der Waals surface area contributed by atoms with E-state index in [1.165, 1.54) is 0 Å². The number of hydrogen-bond acceptors (Lipinski definition) is 3. The Hall–Kier alpha value is -0.960. The van der Waals surface area contributed by atoms with Crippen molar-refractivity contribution in [2.75, 3.05) is 7.05 Å². The molecule has 0 fully saturated rings. The Kier molecular flexibility index (Phi) is 3.83. The largest absolute Gasteiger partial charge is 0.316 e. The Morgan fingerprint density at radius 2 is 2.31 bits per heavy atom. The van der Waals surface area contributed by atoms with Gasteiger partial charge in [0.05, 0.1) is 0 Å². The van der Waals surface area contributed by atoms with Crippen molar-refractivity contribution in [1.82, 2.24) is 15.3 Å². The first-order chi connectivity index (χ1) is 6.29. The first kappa shape index (κ1) is 10.1. The molecule has 0 aliphatic carbocycles. The lowest BCUT2D eigenvalue weighted by molar-refractivity contribution is 0.465. The van der Waals surface area contributed by atoms with E-state index < -0.39 is 0 Å². The Balaban J connectivity index is 2.72. The summed E-state index contributed by atoms with van der Waals surface area (Å²) in [5.74, 6) is 0.443. The van der Waals surface area contributed by atoms with Crippen LogP contribution in [0.15, 0.2) is 18.6 Å². The zero-order valence-electron chi connectivity index (χ0n) is 8.49. The molecule has 0 radical (unpaired) electrons. The van der Waals surface area contributed by atoms with Crippen LogP contribution in [0, 0.1) is 0 Å². The monoisotopic (exact) mass is 179 g/mol. The Morgan fingerprint density at radius 1 is 1.54 bits per heavy atom. The van der Waals surface area contributed by atoms with Crippen molar-refractivity contribution in [2.24, 2.45) is 0 Å². The molecule has 0 saturated heterocycles. The zero-order chi connectivity index (χ0) is 9.68. The quantitative estimate of drug-likeness (QED) is 0.762. The Bertz CT molecular complexity index is 231. The summed E-state index contributed by atoms with van der Waals surface area (Å²) in [5.41, 5.74) is 1.11. The number of nitrogens with zero attached hydrogens (tertiary/aromatic N) is 2. The van der Waals surface area contributed by atoms with Crippen LogP contribution in [0.1, 0.15) is 31.9 Å². The predicted octanol–water partition coefficient (Wildman–Crippen LogP) is 1.58. The van der Waals surface area contributed by atoms with E-state index in [4.69, 9.17) is 0 Å². The van der Waals surface area contributed by atoms with Gasteiger partial charge in [-0.2, -0.15) is 0 Å². The summed E-state index contributed by atoms with van der Waals surface area (Å²) >= 11 is 0. The van der Waals surface area contributed by atoms with Gasteiger partial charge in [-0.3, -0.25) is 0 Å². The van der Waals surface area contributed by atoms with Gasteiger partial charge in [0.15, 0.2) is 0 Å². The zero-order valence-corrected chi connectivity index (χ0v) is 8.49. The molecule has 1 heterocycles. The fourth-order valence-electron chi connectivity index (χ4n) is 1.58. The highest BCUT2D eigenvalue weighted by Crippen LogP contribution is 2.17. The first-order valence-corrected chi connectivity index (χ1v) is 4.72. The van der Waals surface area contributed by atoms with Crippen LogP contribution in [-0.2, 0) is 0 Å². The van der Waals surface area contributed by atoms with Gasteiger partial charge in [-0.05, 0) is 19.5 Å². The molecule has 0 bridgehead atoms. The molecule has 3 nitrogen and oxygen atoms in total. The molecule has 0 aliphatic heterocycles. The minimum atomic E-state index is 0.443. The average Bonchev–Trinajstić information content (AvgIpc) is 2.21. The van der Waals surface area contributed by atoms with E-state index in [1.54, 1.807) is 12.5 Å². The molecular formula is C10H17N3. The van der Waals surface area contributed by atoms with Crippen LogP contribution in [0.25, 0.3) is 0 Å². The van der Waals surface area contributed by atoms with Gasteiger partial charge in [0.2, 0.25) is 0 Å². The highest BCUT2D eigenvalue weighted by Gasteiger charge is 2.15. The van der Waals surface area contributed by atoms with Crippen LogP contribution in [0.5, 0.6) is 0 Å². The van der Waals surface area contributed by atoms with E-state index in [1.807, 2.05) is 13.1 Å². The van der Waals surface area contributed by atoms with Crippen molar-refractivity contribution >= 4 is 0 Å². The maximum Gasteiger partial charge on any atom is 0.115 e. The molecule has 3 heteroatoms. The lowest BCUT2D eigenvalue weighted by Gasteiger charge is -2.21. The van der Waals surface area contributed by atoms with Gasteiger partial charge in [-0.15, -0.1) is 0 Å². The molecule has 72 valence electrons. The third-order valence-corrected chi connectivity index (χ3v) is 2.49. The van der Waals surface area contributed by atoms with Gasteiger partial charge in [0.1, 0.15) is 6.33 Å². The van der Waals surface area contributed by atoms with Gasteiger partial charge < -0.3 is 5.32 Å². The smallest absolute Gasteiger partial charge is 0.115 e. The molecule has 1 aromatic heterocycles. The fourth-order valence-corrected chi connectivity index (χ4v) is 1.58. The number of nitrogens with one attached hydrogen (secondary N) is 1. The number of rotatable bonds is 4. The van der Waals surface area contributed by atoms with E-state index in [2.05, 4.69) is 29.1 Å². The van der Waals surface area contributed by atoms with Crippen LogP contribution in [0.2, 0.25) is 0 Å². The average molecular weight is 179 g/mol. The molecule has 1 N–H and O–H groups in total. The number of aromatic nitrogens is 2. The molecule has 1 rings (SSSR count). The van der Waals surface area contributed by atoms with Crippen LogP contribution >= 0.6 is 0 Å². The van der Waals surface area contributed by atoms with Crippen LogP contribution < -0.4 is 5.32 Å². The summed E-state index contributed by atoms with van der Waals surface area (Å²) in [6.45, 7) is 4.37. The highest BCUT2D eigenvalue weighted by molar-refractivity contribution is 5.07. The minimum absolute atomic E-state index is 0.443. The predicted molar refractivity (Wildman–Crippen MR) is 53.6 cm³/mol. The van der Waals surface area contributed by atoms with Crippen molar-refractivity contribution < 1.29 is 0 Å². The molecule has 0 amide bonds. The Labute approximate surface area is 79.6 Å². The second kappa shape index (κ2) is 4.92. The lowest BCUT2D eigenvalue weighted by atomic mass is 9.96. The maximum atomic E-state index is 4.24. The van der Waals surface area contributed by atoms with E-state index >= 15 is 0 Å². The topological polar surface area (TPSA) is 37.8 Å². The van der Waals surface area contributed by atoms with Crippen molar-refractivity contribution in [2.45, 2.75) is 32.2 Å². The lowest BCUT2D eigenvalue weighted by Crippen LogP contribution is -2.30. The Morgan fingerprint density at radius 3 is 2.77 bits per heavy atom. The summed E-state index contributed by atoms with van der Waals surface area (Å²) in [4.78, 5) is 8.15. The maximum absolute atomic E-state index is 4.24. The number of likely N-dealkylation sites (N-methyl/N-ethyl adjacent to an activating group) is 1. The standard InChI is InChI=1S/C10H17N3/c1-4-9(11-3)8(2)10-5-6-12-7-13-10/h5-9,11H,4H2,1-3H3. The third-order valence-electron chi connectivity index (χ3n) is 2.49. The fraction of sp³-hybridized carbons (Fsp3) is 0.600. The summed E-state index contributed by atoms with van der Waals surface area (Å²) < 4.78 is 0. The van der Waals surface area contributed by atoms with Gasteiger partial charge >= 0.3 is 0 Å². The van der Waals surface area contributed by atoms with E-state index in [0.29, 0.717) is 12.0 Å². The third kappa shape index (κ3) is 2.49. The molecular weight excluding hydrogens is 162 g/mol. The molecule has 1 aromatic rings. The summed E-state index contributed by atoms with van der Waals surface area (Å²) in [7, 11) is 1.99. The van der Waals surface area contributed by atoms with Gasteiger partial charge in [-0.25, -0.2) is 9.97 Å². The summed E-state index contributed by atoms with van der Waals surface area (Å²) in [6.07, 6.45) is 4.51. The van der Waals surface area contributed by atoms with Crippen LogP contribution in [-0.4, -0.2) is 23.1 Å². The van der Waals surface area contributed by atoms with Crippen LogP contribution in [0.4, 0.5) is 0 Å². The molecule has 0 aliphatic rings. The van der Waals surface area contributed by atoms with Crippen molar-refractivity contribution in [3.63, 3.8) is 0 Å². The van der Waals surface area contributed by atoms with Crippen LogP contribution in [0.3, 0.4) is 0 Å². The molecule has 0 aromatic carbocycles. The van der Waals surface area contributed by atoms with E-state index in [0.717, 1.165) is 12.1 Å². The summed E-state index contributed by atoms with van der Waals surface area (Å²) in [5, 5.41) is 3.29. The normalized spacial score (nSPS) is 15.3. The SMILES string of the molecule is CCC(NC)C(C)c1ccncn1. The first-order valence-electron chi connectivity index (χ1n) is 4.72. The molecule has 2 atom stereocenters. The van der Waals surface area contributed by atoms with Crippen molar-refractivity contribution in [3.05, 3.63) is 24.3 Å². The molecule has 0 spiro atoms. The van der Waals surface area contributed by atoms with Gasteiger partial charge in [0, 0.05) is 23.9 Å². The van der Waals surface area contributed by atoms with Gasteiger partial charge in [0.25, 0.3) is 0 Å². The van der Waals surface area contributed by atoms with Crippen molar-refractivity contribution in [3.8, 4) is 0 Å². The van der Waals surface area contributed by atoms with Crippen molar-refractivity contribution in [1.29, 1.82) is 0 Å². The summed E-state index contributed by atoms with van der Waals surface area (Å²) in [6, 6.07) is 2.47. The van der Waals surface area contributed by atoms with Gasteiger partial charge in [-0.1, -0.05) is 13.8 Å². The highest BCUT2D eigenvalue weighted by atomic mass is 14.9. The molecule has 2 unspecified atom stereocenters. The molecule has 0 saturated carbocycles. The minimum Gasteiger partial charge on any atom is -0.316 e. The van der Waals surface area contributed by atoms with E-state index in [9.17, 15) is 0 Å².